The Balaban J connectivity index is 1.81. The molecule has 2 atom stereocenters. The lowest BCUT2D eigenvalue weighted by Crippen LogP contribution is -2.38. The SMILES string of the molecule is CC1CC(C)SC(=NCC2CCOCC2)N1. The van der Waals surface area contributed by atoms with E-state index in [1.54, 1.807) is 0 Å². The summed E-state index contributed by atoms with van der Waals surface area (Å²) in [7, 11) is 0. The van der Waals surface area contributed by atoms with E-state index in [9.17, 15) is 0 Å². The zero-order valence-corrected chi connectivity index (χ0v) is 11.1. The molecule has 2 fully saturated rings. The third kappa shape index (κ3) is 3.67. The van der Waals surface area contributed by atoms with Gasteiger partial charge in [-0.25, -0.2) is 0 Å². The van der Waals surface area contributed by atoms with Crippen LogP contribution in [0.3, 0.4) is 0 Å². The van der Waals surface area contributed by atoms with Crippen LogP contribution >= 0.6 is 11.8 Å². The number of nitrogens with zero attached hydrogens (tertiary/aromatic N) is 1. The number of rotatable bonds is 2. The lowest BCUT2D eigenvalue weighted by molar-refractivity contribution is 0.0689. The fourth-order valence-electron chi connectivity index (χ4n) is 2.26. The Morgan fingerprint density at radius 1 is 1.38 bits per heavy atom. The third-order valence-corrected chi connectivity index (χ3v) is 4.27. The van der Waals surface area contributed by atoms with Gasteiger partial charge in [0, 0.05) is 31.1 Å². The second-order valence-electron chi connectivity index (χ2n) is 4.91. The van der Waals surface area contributed by atoms with Gasteiger partial charge in [-0.2, -0.15) is 0 Å². The molecule has 0 aromatic heterocycles. The van der Waals surface area contributed by atoms with Crippen LogP contribution in [0.4, 0.5) is 0 Å². The van der Waals surface area contributed by atoms with Gasteiger partial charge in [0.15, 0.2) is 5.17 Å². The van der Waals surface area contributed by atoms with Crippen molar-refractivity contribution in [3.8, 4) is 0 Å². The van der Waals surface area contributed by atoms with Crippen LogP contribution in [0.2, 0.25) is 0 Å². The Morgan fingerprint density at radius 2 is 2.12 bits per heavy atom. The summed E-state index contributed by atoms with van der Waals surface area (Å²) in [6, 6.07) is 0.574. The lowest BCUT2D eigenvalue weighted by atomic mass is 10.0. The van der Waals surface area contributed by atoms with E-state index in [0.717, 1.165) is 30.8 Å². The molecule has 0 aromatic rings. The maximum Gasteiger partial charge on any atom is 0.157 e. The summed E-state index contributed by atoms with van der Waals surface area (Å²) in [4.78, 5) is 4.72. The van der Waals surface area contributed by atoms with E-state index in [1.807, 2.05) is 11.8 Å². The molecule has 2 aliphatic rings. The van der Waals surface area contributed by atoms with Crippen LogP contribution in [0, 0.1) is 5.92 Å². The van der Waals surface area contributed by atoms with Crippen molar-refractivity contribution in [2.45, 2.75) is 44.4 Å². The van der Waals surface area contributed by atoms with E-state index in [-0.39, 0.29) is 0 Å². The summed E-state index contributed by atoms with van der Waals surface area (Å²) >= 11 is 1.89. The molecular formula is C12H22N2OS. The van der Waals surface area contributed by atoms with Crippen LogP contribution in [0.15, 0.2) is 4.99 Å². The molecule has 0 saturated carbocycles. The average Bonchev–Trinajstić information content (AvgIpc) is 2.27. The van der Waals surface area contributed by atoms with Crippen molar-refractivity contribution in [2.24, 2.45) is 10.9 Å². The highest BCUT2D eigenvalue weighted by Crippen LogP contribution is 2.23. The summed E-state index contributed by atoms with van der Waals surface area (Å²) in [6.45, 7) is 7.33. The number of hydrogen-bond acceptors (Lipinski definition) is 3. The summed E-state index contributed by atoms with van der Waals surface area (Å²) in [6.07, 6.45) is 3.58. The van der Waals surface area contributed by atoms with Gasteiger partial charge in [-0.15, -0.1) is 0 Å². The standard InChI is InChI=1S/C12H22N2OS/c1-9-7-10(2)16-12(14-9)13-8-11-3-5-15-6-4-11/h9-11H,3-8H2,1-2H3,(H,13,14). The second kappa shape index (κ2) is 5.92. The van der Waals surface area contributed by atoms with Crippen molar-refractivity contribution in [2.75, 3.05) is 19.8 Å². The minimum absolute atomic E-state index is 0.574. The van der Waals surface area contributed by atoms with Crippen LogP contribution < -0.4 is 5.32 Å². The minimum Gasteiger partial charge on any atom is -0.381 e. The minimum atomic E-state index is 0.574. The quantitative estimate of drug-likeness (QED) is 0.806. The van der Waals surface area contributed by atoms with Crippen molar-refractivity contribution in [3.05, 3.63) is 0 Å². The summed E-state index contributed by atoms with van der Waals surface area (Å²) in [5.41, 5.74) is 0. The average molecular weight is 242 g/mol. The van der Waals surface area contributed by atoms with Crippen molar-refractivity contribution < 1.29 is 4.74 Å². The van der Waals surface area contributed by atoms with E-state index in [2.05, 4.69) is 19.2 Å². The van der Waals surface area contributed by atoms with E-state index in [0.29, 0.717) is 11.3 Å². The molecule has 16 heavy (non-hydrogen) atoms. The van der Waals surface area contributed by atoms with Crippen LogP contribution in [-0.2, 0) is 4.74 Å². The third-order valence-electron chi connectivity index (χ3n) is 3.20. The molecule has 2 saturated heterocycles. The maximum atomic E-state index is 5.36. The van der Waals surface area contributed by atoms with Gasteiger partial charge in [-0.3, -0.25) is 4.99 Å². The van der Waals surface area contributed by atoms with Gasteiger partial charge in [0.05, 0.1) is 0 Å². The maximum absolute atomic E-state index is 5.36. The largest absolute Gasteiger partial charge is 0.381 e. The molecule has 2 heterocycles. The molecule has 0 amide bonds. The Hall–Kier alpha value is -0.220. The van der Waals surface area contributed by atoms with Gasteiger partial charge in [0.25, 0.3) is 0 Å². The molecule has 0 radical (unpaired) electrons. The van der Waals surface area contributed by atoms with E-state index >= 15 is 0 Å². The summed E-state index contributed by atoms with van der Waals surface area (Å²) < 4.78 is 5.36. The Bertz CT molecular complexity index is 239. The first-order chi connectivity index (χ1) is 7.74. The fraction of sp³-hybridized carbons (Fsp3) is 0.917. The van der Waals surface area contributed by atoms with Crippen molar-refractivity contribution in [1.29, 1.82) is 0 Å². The second-order valence-corrected chi connectivity index (χ2v) is 6.34. The molecule has 0 spiro atoms. The van der Waals surface area contributed by atoms with Crippen LogP contribution in [0.5, 0.6) is 0 Å². The van der Waals surface area contributed by atoms with Crippen molar-refractivity contribution in [1.82, 2.24) is 5.32 Å². The number of aliphatic imine (C=N–C) groups is 1. The molecule has 92 valence electrons. The highest BCUT2D eigenvalue weighted by Gasteiger charge is 2.20. The van der Waals surface area contributed by atoms with Gasteiger partial charge < -0.3 is 10.1 Å². The van der Waals surface area contributed by atoms with Crippen molar-refractivity contribution in [3.63, 3.8) is 0 Å². The number of thioether (sulfide) groups is 1. The van der Waals surface area contributed by atoms with Gasteiger partial charge in [-0.05, 0) is 32.1 Å². The normalized spacial score (nSPS) is 35.0. The monoisotopic (exact) mass is 242 g/mol. The van der Waals surface area contributed by atoms with Crippen molar-refractivity contribution >= 4 is 16.9 Å². The summed E-state index contributed by atoms with van der Waals surface area (Å²) in [5.74, 6) is 0.733. The van der Waals surface area contributed by atoms with E-state index < -0.39 is 0 Å². The zero-order valence-electron chi connectivity index (χ0n) is 10.2. The summed E-state index contributed by atoms with van der Waals surface area (Å²) in [5, 5.41) is 5.32. The number of nitrogens with one attached hydrogen (secondary N) is 1. The molecule has 3 nitrogen and oxygen atoms in total. The Morgan fingerprint density at radius 3 is 2.81 bits per heavy atom. The highest BCUT2D eigenvalue weighted by atomic mass is 32.2. The zero-order chi connectivity index (χ0) is 11.4. The molecule has 0 aromatic carbocycles. The topological polar surface area (TPSA) is 33.6 Å². The Labute approximate surface area is 102 Å². The molecule has 0 bridgehead atoms. The number of amidine groups is 1. The molecule has 4 heteroatoms. The first-order valence-electron chi connectivity index (χ1n) is 6.29. The van der Waals surface area contributed by atoms with Gasteiger partial charge >= 0.3 is 0 Å². The number of hydrogen-bond donors (Lipinski definition) is 1. The Kier molecular flexibility index (Phi) is 4.53. The molecule has 1 N–H and O–H groups in total. The predicted molar refractivity (Wildman–Crippen MR) is 70.1 cm³/mol. The molecule has 2 unspecified atom stereocenters. The van der Waals surface area contributed by atoms with Crippen LogP contribution in [0.1, 0.15) is 33.1 Å². The predicted octanol–water partition coefficient (Wildman–Crippen LogP) is 2.27. The van der Waals surface area contributed by atoms with Gasteiger partial charge in [0.1, 0.15) is 0 Å². The van der Waals surface area contributed by atoms with E-state index in [4.69, 9.17) is 9.73 Å². The first kappa shape index (κ1) is 12.2. The van der Waals surface area contributed by atoms with Crippen LogP contribution in [0.25, 0.3) is 0 Å². The highest BCUT2D eigenvalue weighted by molar-refractivity contribution is 8.14. The first-order valence-corrected chi connectivity index (χ1v) is 7.17. The molecule has 0 aliphatic carbocycles. The van der Waals surface area contributed by atoms with Gasteiger partial charge in [0.2, 0.25) is 0 Å². The smallest absolute Gasteiger partial charge is 0.157 e. The number of ether oxygens (including phenoxy) is 1. The molecule has 2 rings (SSSR count). The fourth-order valence-corrected chi connectivity index (χ4v) is 3.45. The van der Waals surface area contributed by atoms with Gasteiger partial charge in [-0.1, -0.05) is 18.7 Å². The molecule has 2 aliphatic heterocycles. The lowest BCUT2D eigenvalue weighted by Gasteiger charge is -2.27. The van der Waals surface area contributed by atoms with E-state index in [1.165, 1.54) is 19.3 Å². The van der Waals surface area contributed by atoms with Crippen LogP contribution in [-0.4, -0.2) is 36.2 Å². The molecular weight excluding hydrogens is 220 g/mol.